The van der Waals surface area contributed by atoms with E-state index in [1.807, 2.05) is 12.1 Å². The summed E-state index contributed by atoms with van der Waals surface area (Å²) >= 11 is 0. The van der Waals surface area contributed by atoms with Crippen molar-refractivity contribution in [2.45, 2.75) is 25.4 Å². The van der Waals surface area contributed by atoms with Crippen LogP contribution in [0.25, 0.3) is 16.9 Å². The summed E-state index contributed by atoms with van der Waals surface area (Å²) in [7, 11) is -2.42. The van der Waals surface area contributed by atoms with Crippen molar-refractivity contribution in [1.29, 1.82) is 0 Å². The van der Waals surface area contributed by atoms with Crippen molar-refractivity contribution in [1.82, 2.24) is 34.1 Å². The molecule has 12 nitrogen and oxygen atoms in total. The third-order valence-corrected chi connectivity index (χ3v) is 9.75. The summed E-state index contributed by atoms with van der Waals surface area (Å²) in [5.74, 6) is 1.97. The first kappa shape index (κ1) is 29.6. The van der Waals surface area contributed by atoms with Gasteiger partial charge < -0.3 is 15.1 Å². The molecule has 236 valence electrons. The largest absolute Gasteiger partial charge is 0.369 e. The summed E-state index contributed by atoms with van der Waals surface area (Å²) in [6.45, 7) is 12.1. The van der Waals surface area contributed by atoms with E-state index in [-0.39, 0.29) is 12.1 Å². The Labute approximate surface area is 263 Å². The fraction of sp³-hybridized carbons (Fsp3) is 0.438. The highest BCUT2D eigenvalue weighted by molar-refractivity contribution is 7.92. The van der Waals surface area contributed by atoms with Gasteiger partial charge in [-0.05, 0) is 68.2 Å². The van der Waals surface area contributed by atoms with Crippen LogP contribution in [0.3, 0.4) is 0 Å². The van der Waals surface area contributed by atoms with Gasteiger partial charge >= 0.3 is 0 Å². The van der Waals surface area contributed by atoms with Crippen molar-refractivity contribution in [3.63, 3.8) is 0 Å². The number of nitrogens with one attached hydrogen (secondary N) is 1. The summed E-state index contributed by atoms with van der Waals surface area (Å²) in [5.41, 5.74) is 2.20. The molecule has 4 fully saturated rings. The molecular formula is C32H40N10O2S. The minimum atomic E-state index is -2.42. The van der Waals surface area contributed by atoms with Crippen LogP contribution in [0, 0.1) is 5.92 Å². The predicted molar refractivity (Wildman–Crippen MR) is 180 cm³/mol. The number of aromatic nitrogens is 5. The molecule has 0 radical (unpaired) electrons. The smallest absolute Gasteiger partial charge is 0.278 e. The normalized spacial score (nSPS) is 22.1. The molecule has 4 aromatic rings. The van der Waals surface area contributed by atoms with Crippen molar-refractivity contribution in [3.05, 3.63) is 71.7 Å². The molecule has 8 rings (SSSR count). The first-order valence-electron chi connectivity index (χ1n) is 15.6. The lowest BCUT2D eigenvalue weighted by Crippen LogP contribution is -2.61. The minimum absolute atomic E-state index is 0.245. The minimum Gasteiger partial charge on any atom is -0.369 e. The fourth-order valence-electron chi connectivity index (χ4n) is 6.96. The number of hydrogen-bond donors (Lipinski definition) is 1. The second-order valence-electron chi connectivity index (χ2n) is 12.4. The van der Waals surface area contributed by atoms with Gasteiger partial charge in [0.2, 0.25) is 5.95 Å². The maximum Gasteiger partial charge on any atom is 0.278 e. The van der Waals surface area contributed by atoms with Crippen LogP contribution >= 0.6 is 0 Å². The molecule has 1 aromatic carbocycles. The maximum absolute atomic E-state index is 13.3. The molecule has 0 amide bonds. The number of hydrogen-bond acceptors (Lipinski definition) is 10. The monoisotopic (exact) mass is 628 g/mol. The van der Waals surface area contributed by atoms with Crippen LogP contribution < -0.4 is 15.8 Å². The first-order chi connectivity index (χ1) is 21.8. The van der Waals surface area contributed by atoms with E-state index in [0.717, 1.165) is 43.8 Å². The number of anilines is 3. The Bertz CT molecular complexity index is 1890. The molecule has 0 saturated carbocycles. The van der Waals surface area contributed by atoms with E-state index in [1.54, 1.807) is 41.5 Å². The van der Waals surface area contributed by atoms with Gasteiger partial charge in [-0.1, -0.05) is 12.1 Å². The third-order valence-electron chi connectivity index (χ3n) is 9.12. The maximum atomic E-state index is 13.3. The number of rotatable bonds is 8. The number of piperidine rings is 3. The zero-order chi connectivity index (χ0) is 31.1. The number of allylic oxidation sites excluding steroid dienone is 1. The van der Waals surface area contributed by atoms with E-state index in [9.17, 15) is 9.00 Å². The number of fused-ring (bicyclic) bond motifs is 4. The van der Waals surface area contributed by atoms with Crippen molar-refractivity contribution in [3.8, 4) is 5.82 Å². The Kier molecular flexibility index (Phi) is 7.92. The number of nitrogens with zero attached hydrogens (tertiary/aromatic N) is 9. The second-order valence-corrected chi connectivity index (χ2v) is 15.0. The van der Waals surface area contributed by atoms with Crippen molar-refractivity contribution in [2.24, 2.45) is 10.3 Å². The van der Waals surface area contributed by atoms with E-state index in [0.29, 0.717) is 28.6 Å². The Hall–Kier alpha value is -4.07. The van der Waals surface area contributed by atoms with Crippen LogP contribution in [0.2, 0.25) is 0 Å². The summed E-state index contributed by atoms with van der Waals surface area (Å²) < 4.78 is 19.7. The topological polar surface area (TPSA) is 117 Å². The van der Waals surface area contributed by atoms with E-state index in [4.69, 9.17) is 4.98 Å². The molecule has 13 heteroatoms. The average molecular weight is 629 g/mol. The van der Waals surface area contributed by atoms with Gasteiger partial charge in [-0.25, -0.2) is 23.5 Å². The zero-order valence-corrected chi connectivity index (χ0v) is 26.7. The molecule has 0 spiro atoms. The van der Waals surface area contributed by atoms with E-state index in [1.165, 1.54) is 49.0 Å². The van der Waals surface area contributed by atoms with Gasteiger partial charge in [0.1, 0.15) is 5.39 Å². The van der Waals surface area contributed by atoms with Crippen LogP contribution in [0.15, 0.2) is 70.5 Å². The summed E-state index contributed by atoms with van der Waals surface area (Å²) in [4.78, 5) is 34.9. The van der Waals surface area contributed by atoms with Gasteiger partial charge in [0.25, 0.3) is 5.56 Å². The molecule has 45 heavy (non-hydrogen) atoms. The van der Waals surface area contributed by atoms with Gasteiger partial charge in [0.15, 0.2) is 17.3 Å². The molecule has 1 unspecified atom stereocenters. The molecule has 1 N–H and O–H groups in total. The van der Waals surface area contributed by atoms with Crippen molar-refractivity contribution >= 4 is 43.9 Å². The zero-order valence-electron chi connectivity index (χ0n) is 25.9. The Morgan fingerprint density at radius 2 is 1.78 bits per heavy atom. The van der Waals surface area contributed by atoms with Gasteiger partial charge in [-0.3, -0.25) is 9.69 Å². The predicted octanol–water partition coefficient (Wildman–Crippen LogP) is 3.48. The molecule has 1 atom stereocenters. The van der Waals surface area contributed by atoms with Crippen LogP contribution in [-0.2, 0) is 16.3 Å². The van der Waals surface area contributed by atoms with Gasteiger partial charge in [-0.2, -0.15) is 9.35 Å². The Morgan fingerprint density at radius 1 is 1.02 bits per heavy atom. The standard InChI is InChI=1S/C32H40N10O2S/c1-4-14-41-31(43)26-21-33-32(36-30(26)42(41)29-7-5-6-28(35-29)37-45(2,3)44)34-24-8-10-25(11-9-24)39-17-19-40(20-18-39)27-22-38-15-12-23(27)13-16-38/h4-11,21,23,27H,1,12-20,22H2,2-3H3,(H,33,34,36). The number of benzene rings is 1. The number of pyridine rings is 1. The van der Waals surface area contributed by atoms with Crippen molar-refractivity contribution in [2.75, 3.05) is 68.5 Å². The summed E-state index contributed by atoms with van der Waals surface area (Å²) in [5, 5.41) is 3.65. The van der Waals surface area contributed by atoms with Gasteiger partial charge in [-0.15, -0.1) is 6.58 Å². The highest BCUT2D eigenvalue weighted by atomic mass is 32.2. The molecular weight excluding hydrogens is 588 g/mol. The lowest BCUT2D eigenvalue weighted by Gasteiger charge is -2.51. The van der Waals surface area contributed by atoms with Crippen LogP contribution in [-0.4, -0.2) is 103 Å². The molecule has 7 heterocycles. The van der Waals surface area contributed by atoms with Crippen LogP contribution in [0.5, 0.6) is 0 Å². The highest BCUT2D eigenvalue weighted by Crippen LogP contribution is 2.32. The first-order valence-corrected chi connectivity index (χ1v) is 17.9. The highest BCUT2D eigenvalue weighted by Gasteiger charge is 2.38. The number of piperazine rings is 1. The lowest BCUT2D eigenvalue weighted by atomic mass is 9.83. The van der Waals surface area contributed by atoms with Crippen LogP contribution in [0.4, 0.5) is 23.1 Å². The Morgan fingerprint density at radius 3 is 2.44 bits per heavy atom. The van der Waals surface area contributed by atoms with Gasteiger partial charge in [0.05, 0.1) is 6.54 Å². The molecule has 0 aliphatic carbocycles. The van der Waals surface area contributed by atoms with E-state index >= 15 is 0 Å². The molecule has 4 aliphatic rings. The van der Waals surface area contributed by atoms with E-state index in [2.05, 4.69) is 53.1 Å². The second kappa shape index (κ2) is 12.0. The van der Waals surface area contributed by atoms with Gasteiger partial charge in [0, 0.05) is 78.6 Å². The Balaban J connectivity index is 1.09. The summed E-state index contributed by atoms with van der Waals surface area (Å²) in [6.07, 6.45) is 8.99. The molecule has 2 bridgehead atoms. The van der Waals surface area contributed by atoms with Crippen LogP contribution in [0.1, 0.15) is 12.8 Å². The fourth-order valence-corrected chi connectivity index (χ4v) is 7.51. The summed E-state index contributed by atoms with van der Waals surface area (Å²) in [6, 6.07) is 14.3. The third kappa shape index (κ3) is 6.11. The average Bonchev–Trinajstić information content (AvgIpc) is 3.32. The molecule has 4 saturated heterocycles. The lowest BCUT2D eigenvalue weighted by molar-refractivity contribution is 0.00311. The van der Waals surface area contributed by atoms with E-state index < -0.39 is 9.73 Å². The quantitative estimate of drug-likeness (QED) is 0.293. The molecule has 3 aromatic heterocycles. The van der Waals surface area contributed by atoms with Crippen molar-refractivity contribution < 1.29 is 4.21 Å². The SMILES string of the molecule is C=CCn1c(=O)c2cnc(Nc3ccc(N4CCN(C5CN6CCC5CC6)CC4)cc3)nc2n1-c1cccc(N=S(C)(C)=O)n1. The molecule has 4 aliphatic heterocycles.